The predicted molar refractivity (Wildman–Crippen MR) is 108 cm³/mol. The van der Waals surface area contributed by atoms with E-state index in [1.165, 1.54) is 11.9 Å². The van der Waals surface area contributed by atoms with Gasteiger partial charge >= 0.3 is 0 Å². The van der Waals surface area contributed by atoms with Gasteiger partial charge in [-0.1, -0.05) is 17.3 Å². The Bertz CT molecular complexity index is 1080. The standard InChI is InChI=1S/C20H21N5O4/c1-24(13-18(26)21-14-7-9-15(29-2)10-8-14)19(27)11-12-25-20(28)16-5-3-4-6-17(16)22-23-25/h3-10H,11-13H2,1-2H3,(H,21,26). The van der Waals surface area contributed by atoms with Crippen molar-refractivity contribution in [2.45, 2.75) is 13.0 Å². The van der Waals surface area contributed by atoms with E-state index in [0.29, 0.717) is 22.3 Å². The highest BCUT2D eigenvalue weighted by atomic mass is 16.5. The Morgan fingerprint density at radius 2 is 1.86 bits per heavy atom. The van der Waals surface area contributed by atoms with E-state index in [0.717, 1.165) is 4.68 Å². The average Bonchev–Trinajstić information content (AvgIpc) is 2.73. The molecule has 150 valence electrons. The maximum absolute atomic E-state index is 12.4. The van der Waals surface area contributed by atoms with Crippen molar-refractivity contribution in [2.24, 2.45) is 0 Å². The number of nitrogens with one attached hydrogen (secondary N) is 1. The first-order chi connectivity index (χ1) is 14.0. The van der Waals surface area contributed by atoms with Gasteiger partial charge in [0.25, 0.3) is 5.56 Å². The van der Waals surface area contributed by atoms with Crippen molar-refractivity contribution in [2.75, 3.05) is 26.0 Å². The molecule has 0 aliphatic carbocycles. The third-order valence-corrected chi connectivity index (χ3v) is 4.35. The van der Waals surface area contributed by atoms with Crippen LogP contribution >= 0.6 is 0 Å². The minimum Gasteiger partial charge on any atom is -0.497 e. The molecule has 3 rings (SSSR count). The van der Waals surface area contributed by atoms with E-state index in [2.05, 4.69) is 15.6 Å². The van der Waals surface area contributed by atoms with Crippen LogP contribution in [0.5, 0.6) is 5.75 Å². The van der Waals surface area contributed by atoms with Gasteiger partial charge in [-0.2, -0.15) is 0 Å². The van der Waals surface area contributed by atoms with E-state index in [1.807, 2.05) is 0 Å². The topological polar surface area (TPSA) is 106 Å². The van der Waals surface area contributed by atoms with Gasteiger partial charge in [0.05, 0.1) is 25.6 Å². The van der Waals surface area contributed by atoms with Gasteiger partial charge in [-0.05, 0) is 36.4 Å². The number of anilines is 1. The number of hydrogen-bond acceptors (Lipinski definition) is 6. The third-order valence-electron chi connectivity index (χ3n) is 4.35. The number of likely N-dealkylation sites (N-methyl/N-ethyl adjacent to an activating group) is 1. The predicted octanol–water partition coefficient (Wildman–Crippen LogP) is 1.29. The molecule has 9 heteroatoms. The molecule has 1 N–H and O–H groups in total. The summed E-state index contributed by atoms with van der Waals surface area (Å²) in [4.78, 5) is 38.2. The molecule has 0 aliphatic rings. The van der Waals surface area contributed by atoms with Gasteiger partial charge in [-0.3, -0.25) is 14.4 Å². The molecule has 2 aromatic carbocycles. The summed E-state index contributed by atoms with van der Waals surface area (Å²) in [5.74, 6) is 0.0766. The summed E-state index contributed by atoms with van der Waals surface area (Å²) in [5.41, 5.74) is 0.810. The minimum atomic E-state index is -0.325. The molecule has 0 bridgehead atoms. The van der Waals surface area contributed by atoms with Crippen molar-refractivity contribution in [3.05, 3.63) is 58.9 Å². The lowest BCUT2D eigenvalue weighted by molar-refractivity contribution is -0.133. The number of rotatable bonds is 7. The van der Waals surface area contributed by atoms with Gasteiger partial charge in [-0.25, -0.2) is 4.68 Å². The van der Waals surface area contributed by atoms with E-state index >= 15 is 0 Å². The lowest BCUT2D eigenvalue weighted by atomic mass is 10.2. The van der Waals surface area contributed by atoms with E-state index in [-0.39, 0.29) is 36.9 Å². The maximum atomic E-state index is 12.4. The normalized spacial score (nSPS) is 10.6. The Balaban J connectivity index is 1.54. The Labute approximate surface area is 166 Å². The highest BCUT2D eigenvalue weighted by molar-refractivity contribution is 5.94. The molecule has 1 heterocycles. The zero-order chi connectivity index (χ0) is 20.8. The number of nitrogens with zero attached hydrogens (tertiary/aromatic N) is 4. The number of hydrogen-bond donors (Lipinski definition) is 1. The molecule has 0 saturated carbocycles. The lowest BCUT2D eigenvalue weighted by Gasteiger charge is -2.17. The van der Waals surface area contributed by atoms with Crippen LogP contribution in [-0.2, 0) is 16.1 Å². The molecule has 3 aromatic rings. The fourth-order valence-corrected chi connectivity index (χ4v) is 2.74. The van der Waals surface area contributed by atoms with E-state index < -0.39 is 0 Å². The Morgan fingerprint density at radius 3 is 2.59 bits per heavy atom. The maximum Gasteiger partial charge on any atom is 0.277 e. The Hall–Kier alpha value is -3.75. The van der Waals surface area contributed by atoms with Gasteiger partial charge in [-0.15, -0.1) is 5.10 Å². The molecule has 29 heavy (non-hydrogen) atoms. The highest BCUT2D eigenvalue weighted by Gasteiger charge is 2.14. The van der Waals surface area contributed by atoms with Crippen LogP contribution in [0.4, 0.5) is 5.69 Å². The van der Waals surface area contributed by atoms with Crippen molar-refractivity contribution in [3.63, 3.8) is 0 Å². The van der Waals surface area contributed by atoms with Crippen LogP contribution in [0.15, 0.2) is 53.3 Å². The number of amides is 2. The first-order valence-corrected chi connectivity index (χ1v) is 8.98. The van der Waals surface area contributed by atoms with E-state index in [4.69, 9.17) is 4.74 Å². The zero-order valence-electron chi connectivity index (χ0n) is 16.2. The number of aryl methyl sites for hydroxylation is 1. The van der Waals surface area contributed by atoms with Gasteiger partial charge in [0.1, 0.15) is 11.3 Å². The molecule has 0 radical (unpaired) electrons. The molecule has 1 aromatic heterocycles. The first-order valence-electron chi connectivity index (χ1n) is 8.98. The van der Waals surface area contributed by atoms with Crippen LogP contribution in [0.2, 0.25) is 0 Å². The van der Waals surface area contributed by atoms with Crippen molar-refractivity contribution >= 4 is 28.4 Å². The van der Waals surface area contributed by atoms with Crippen LogP contribution in [0.25, 0.3) is 10.9 Å². The van der Waals surface area contributed by atoms with Crippen LogP contribution in [0.1, 0.15) is 6.42 Å². The fraction of sp³-hybridized carbons (Fsp3) is 0.250. The van der Waals surface area contributed by atoms with Gasteiger partial charge in [0.15, 0.2) is 0 Å². The Morgan fingerprint density at radius 1 is 1.14 bits per heavy atom. The summed E-state index contributed by atoms with van der Waals surface area (Å²) < 4.78 is 6.22. The van der Waals surface area contributed by atoms with Crippen molar-refractivity contribution in [1.82, 2.24) is 19.9 Å². The molecular formula is C20H21N5O4. The quantitative estimate of drug-likeness (QED) is 0.646. The summed E-state index contributed by atoms with van der Waals surface area (Å²) in [5, 5.41) is 11.0. The molecule has 2 amide bonds. The molecular weight excluding hydrogens is 374 g/mol. The van der Waals surface area contributed by atoms with Crippen molar-refractivity contribution in [3.8, 4) is 5.75 Å². The number of ether oxygens (including phenoxy) is 1. The van der Waals surface area contributed by atoms with Gasteiger partial charge < -0.3 is 15.0 Å². The second-order valence-electron chi connectivity index (χ2n) is 6.41. The fourth-order valence-electron chi connectivity index (χ4n) is 2.74. The summed E-state index contributed by atoms with van der Waals surface area (Å²) >= 11 is 0. The Kier molecular flexibility index (Phi) is 6.18. The summed E-state index contributed by atoms with van der Waals surface area (Å²) in [7, 11) is 3.09. The molecule has 0 saturated heterocycles. The van der Waals surface area contributed by atoms with Crippen molar-refractivity contribution < 1.29 is 14.3 Å². The van der Waals surface area contributed by atoms with E-state index in [9.17, 15) is 14.4 Å². The number of methoxy groups -OCH3 is 1. The second kappa shape index (κ2) is 8.96. The minimum absolute atomic E-state index is 0.0270. The SMILES string of the molecule is COc1ccc(NC(=O)CN(C)C(=O)CCn2nnc3ccccc3c2=O)cc1. The van der Waals surface area contributed by atoms with Gasteiger partial charge in [0.2, 0.25) is 11.8 Å². The largest absolute Gasteiger partial charge is 0.497 e. The summed E-state index contributed by atoms with van der Waals surface area (Å²) in [6.45, 7) is -0.0247. The third kappa shape index (κ3) is 4.95. The number of aromatic nitrogens is 3. The van der Waals surface area contributed by atoms with Crippen LogP contribution in [0.3, 0.4) is 0 Å². The van der Waals surface area contributed by atoms with E-state index in [1.54, 1.807) is 55.6 Å². The molecule has 0 aliphatic heterocycles. The molecule has 0 fully saturated rings. The molecule has 0 unspecified atom stereocenters. The molecule has 0 atom stereocenters. The summed E-state index contributed by atoms with van der Waals surface area (Å²) in [6.07, 6.45) is 0.0270. The number of carbonyl (C=O) groups excluding carboxylic acids is 2. The monoisotopic (exact) mass is 395 g/mol. The van der Waals surface area contributed by atoms with Crippen LogP contribution in [-0.4, -0.2) is 52.4 Å². The number of fused-ring (bicyclic) bond motifs is 1. The molecule has 0 spiro atoms. The van der Waals surface area contributed by atoms with Crippen LogP contribution < -0.4 is 15.6 Å². The van der Waals surface area contributed by atoms with Crippen LogP contribution in [0, 0.1) is 0 Å². The summed E-state index contributed by atoms with van der Waals surface area (Å²) in [6, 6.07) is 13.8. The molecule has 9 nitrogen and oxygen atoms in total. The first kappa shape index (κ1) is 20.0. The second-order valence-corrected chi connectivity index (χ2v) is 6.41. The van der Waals surface area contributed by atoms with Gasteiger partial charge in [0, 0.05) is 19.2 Å². The zero-order valence-corrected chi connectivity index (χ0v) is 16.2. The number of benzene rings is 2. The average molecular weight is 395 g/mol. The lowest BCUT2D eigenvalue weighted by Crippen LogP contribution is -2.36. The van der Waals surface area contributed by atoms with Crippen molar-refractivity contribution in [1.29, 1.82) is 0 Å². The number of carbonyl (C=O) groups is 2. The highest BCUT2D eigenvalue weighted by Crippen LogP contribution is 2.14. The smallest absolute Gasteiger partial charge is 0.277 e.